The van der Waals surface area contributed by atoms with Crippen molar-refractivity contribution in [2.45, 2.75) is 89.0 Å². The fourth-order valence-corrected chi connectivity index (χ4v) is 8.13. The van der Waals surface area contributed by atoms with E-state index in [9.17, 15) is 4.79 Å². The first-order valence-corrected chi connectivity index (χ1v) is 14.9. The number of hydrogen-bond acceptors (Lipinski definition) is 2. The molecule has 1 N–H and O–H groups in total. The lowest BCUT2D eigenvalue weighted by Crippen LogP contribution is -2.50. The summed E-state index contributed by atoms with van der Waals surface area (Å²) >= 11 is 0. The number of benzene rings is 2. The molecule has 0 bridgehead atoms. The van der Waals surface area contributed by atoms with Crippen LogP contribution in [-0.2, 0) is 5.41 Å². The summed E-state index contributed by atoms with van der Waals surface area (Å²) in [5, 5.41) is 3.22. The van der Waals surface area contributed by atoms with Crippen LogP contribution in [0.2, 0.25) is 0 Å². The predicted molar refractivity (Wildman–Crippen MR) is 153 cm³/mol. The van der Waals surface area contributed by atoms with Gasteiger partial charge < -0.3 is 10.2 Å². The van der Waals surface area contributed by atoms with Crippen LogP contribution >= 0.6 is 0 Å². The van der Waals surface area contributed by atoms with Crippen LogP contribution in [-0.4, -0.2) is 36.5 Å². The van der Waals surface area contributed by atoms with Crippen LogP contribution in [0.15, 0.2) is 48.5 Å². The van der Waals surface area contributed by atoms with Crippen molar-refractivity contribution in [3.63, 3.8) is 0 Å². The number of nitrogens with zero attached hydrogens (tertiary/aromatic N) is 1. The number of allylic oxidation sites excluding steroid dienone is 1. The molecule has 4 aliphatic rings. The molecule has 6 rings (SSSR count). The van der Waals surface area contributed by atoms with Gasteiger partial charge in [-0.1, -0.05) is 68.7 Å². The number of likely N-dealkylation sites (tertiary alicyclic amines) is 1. The first-order chi connectivity index (χ1) is 18.0. The third kappa shape index (κ3) is 4.80. The number of amides is 1. The van der Waals surface area contributed by atoms with Gasteiger partial charge in [0, 0.05) is 30.1 Å². The van der Waals surface area contributed by atoms with E-state index in [1.807, 2.05) is 0 Å². The molecular weight excluding hydrogens is 452 g/mol. The van der Waals surface area contributed by atoms with Gasteiger partial charge in [-0.15, -0.1) is 0 Å². The highest BCUT2D eigenvalue weighted by molar-refractivity contribution is 5.94. The number of hydrogen-bond donors (Lipinski definition) is 1. The number of nitrogens with one attached hydrogen (secondary N) is 1. The third-order valence-corrected chi connectivity index (χ3v) is 10.4. The smallest absolute Gasteiger partial charge is 0.251 e. The van der Waals surface area contributed by atoms with E-state index < -0.39 is 0 Å². The van der Waals surface area contributed by atoms with Gasteiger partial charge in [-0.05, 0) is 104 Å². The van der Waals surface area contributed by atoms with Gasteiger partial charge in [0.2, 0.25) is 0 Å². The molecule has 1 saturated heterocycles. The number of carbonyl (C=O) groups is 1. The Morgan fingerprint density at radius 3 is 2.70 bits per heavy atom. The molecule has 3 aliphatic carbocycles. The zero-order valence-electron chi connectivity index (χ0n) is 22.8. The van der Waals surface area contributed by atoms with Crippen molar-refractivity contribution in [2.75, 3.05) is 19.6 Å². The molecule has 0 aromatic heterocycles. The zero-order valence-corrected chi connectivity index (χ0v) is 22.8. The Morgan fingerprint density at radius 2 is 1.89 bits per heavy atom. The summed E-state index contributed by atoms with van der Waals surface area (Å²) in [6.45, 7) is 7.89. The number of aryl methyl sites for hydroxylation is 1. The number of piperidine rings is 1. The van der Waals surface area contributed by atoms with Crippen LogP contribution in [0.25, 0.3) is 6.08 Å². The monoisotopic (exact) mass is 496 g/mol. The average molecular weight is 497 g/mol. The summed E-state index contributed by atoms with van der Waals surface area (Å²) in [6, 6.07) is 16.2. The minimum absolute atomic E-state index is 0.100. The average Bonchev–Trinajstić information content (AvgIpc) is 3.56. The molecule has 2 aromatic rings. The summed E-state index contributed by atoms with van der Waals surface area (Å²) in [6.07, 6.45) is 16.4. The summed E-state index contributed by atoms with van der Waals surface area (Å²) in [5.41, 5.74) is 6.77. The van der Waals surface area contributed by atoms with E-state index in [1.165, 1.54) is 87.6 Å². The molecule has 37 heavy (non-hydrogen) atoms. The lowest BCUT2D eigenvalue weighted by molar-refractivity contribution is 0.0898. The third-order valence-electron chi connectivity index (χ3n) is 10.4. The topological polar surface area (TPSA) is 32.3 Å². The van der Waals surface area contributed by atoms with Crippen molar-refractivity contribution in [3.8, 4) is 0 Å². The van der Waals surface area contributed by atoms with Crippen LogP contribution in [0.4, 0.5) is 0 Å². The summed E-state index contributed by atoms with van der Waals surface area (Å²) in [4.78, 5) is 15.6. The van der Waals surface area contributed by atoms with Gasteiger partial charge in [-0.3, -0.25) is 4.79 Å². The van der Waals surface area contributed by atoms with Crippen molar-refractivity contribution in [1.29, 1.82) is 0 Å². The Labute approximate surface area is 223 Å². The lowest BCUT2D eigenvalue weighted by atomic mass is 9.68. The SMILES string of the molecule is Cc1cc(C(=O)NCC2CCCCC2)ccc1C1CCC(N2CCC3(C=Cc4ccccc43)C(C)C2)C1. The molecule has 2 saturated carbocycles. The van der Waals surface area contributed by atoms with E-state index in [1.54, 1.807) is 5.56 Å². The van der Waals surface area contributed by atoms with Crippen molar-refractivity contribution in [3.05, 3.63) is 76.4 Å². The fourth-order valence-electron chi connectivity index (χ4n) is 8.13. The molecule has 1 spiro atoms. The van der Waals surface area contributed by atoms with Gasteiger partial charge in [0.1, 0.15) is 0 Å². The second-order valence-electron chi connectivity index (χ2n) is 12.6. The molecule has 4 atom stereocenters. The maximum absolute atomic E-state index is 12.8. The first-order valence-electron chi connectivity index (χ1n) is 14.9. The Bertz CT molecular complexity index is 1160. The Morgan fingerprint density at radius 1 is 1.05 bits per heavy atom. The van der Waals surface area contributed by atoms with Gasteiger partial charge in [-0.25, -0.2) is 0 Å². The number of rotatable bonds is 5. The van der Waals surface area contributed by atoms with E-state index in [0.29, 0.717) is 23.8 Å². The van der Waals surface area contributed by atoms with Gasteiger partial charge in [0.25, 0.3) is 5.91 Å². The van der Waals surface area contributed by atoms with Crippen molar-refractivity contribution in [1.82, 2.24) is 10.2 Å². The molecule has 1 heterocycles. The molecule has 1 aliphatic heterocycles. The van der Waals surface area contributed by atoms with E-state index in [0.717, 1.165) is 12.1 Å². The highest BCUT2D eigenvalue weighted by Crippen LogP contribution is 2.48. The zero-order chi connectivity index (χ0) is 25.4. The summed E-state index contributed by atoms with van der Waals surface area (Å²) < 4.78 is 0. The second kappa shape index (κ2) is 10.4. The molecule has 0 radical (unpaired) electrons. The number of fused-ring (bicyclic) bond motifs is 2. The van der Waals surface area contributed by atoms with Gasteiger partial charge >= 0.3 is 0 Å². The molecular formula is C34H44N2O. The molecule has 3 fully saturated rings. The van der Waals surface area contributed by atoms with Crippen molar-refractivity contribution >= 4 is 12.0 Å². The highest BCUT2D eigenvalue weighted by atomic mass is 16.1. The lowest BCUT2D eigenvalue weighted by Gasteiger charge is -2.46. The Kier molecular flexibility index (Phi) is 7.01. The predicted octanol–water partition coefficient (Wildman–Crippen LogP) is 7.25. The Hall–Kier alpha value is -2.39. The van der Waals surface area contributed by atoms with E-state index in [-0.39, 0.29) is 11.3 Å². The van der Waals surface area contributed by atoms with E-state index in [2.05, 4.69) is 78.7 Å². The van der Waals surface area contributed by atoms with Crippen LogP contribution in [0.3, 0.4) is 0 Å². The molecule has 3 nitrogen and oxygen atoms in total. The Balaban J connectivity index is 1.06. The molecule has 2 aromatic carbocycles. The van der Waals surface area contributed by atoms with E-state index >= 15 is 0 Å². The molecule has 196 valence electrons. The van der Waals surface area contributed by atoms with Crippen molar-refractivity contribution < 1.29 is 4.79 Å². The largest absolute Gasteiger partial charge is 0.352 e. The first kappa shape index (κ1) is 24.9. The van der Waals surface area contributed by atoms with Crippen LogP contribution in [0.5, 0.6) is 0 Å². The maximum atomic E-state index is 12.8. The van der Waals surface area contributed by atoms with Crippen LogP contribution in [0, 0.1) is 18.8 Å². The summed E-state index contributed by atoms with van der Waals surface area (Å²) in [7, 11) is 0. The van der Waals surface area contributed by atoms with Gasteiger partial charge in [0.05, 0.1) is 0 Å². The fraction of sp³-hybridized carbons (Fsp3) is 0.559. The van der Waals surface area contributed by atoms with Crippen LogP contribution in [0.1, 0.15) is 103 Å². The minimum atomic E-state index is 0.100. The van der Waals surface area contributed by atoms with E-state index in [4.69, 9.17) is 0 Å². The normalized spacial score (nSPS) is 30.1. The quantitative estimate of drug-likeness (QED) is 0.473. The number of carbonyl (C=O) groups excluding carboxylic acids is 1. The molecule has 3 heteroatoms. The maximum Gasteiger partial charge on any atom is 0.251 e. The molecule has 4 unspecified atom stereocenters. The van der Waals surface area contributed by atoms with Crippen molar-refractivity contribution in [2.24, 2.45) is 11.8 Å². The minimum Gasteiger partial charge on any atom is -0.352 e. The standard InChI is InChI=1S/C34H44N2O/c1-24-20-29(33(37)35-22-26-8-4-3-5-9-26)13-15-31(24)28-12-14-30(21-28)36-19-18-34(25(2)23-36)17-16-27-10-6-7-11-32(27)34/h6-7,10-11,13,15-17,20,25-26,28,30H,3-5,8-9,12,14,18-19,21-23H2,1-2H3,(H,35,37). The highest BCUT2D eigenvalue weighted by Gasteiger charge is 2.45. The van der Waals surface area contributed by atoms with Crippen LogP contribution < -0.4 is 5.32 Å². The summed E-state index contributed by atoms with van der Waals surface area (Å²) in [5.74, 6) is 2.01. The second-order valence-corrected chi connectivity index (χ2v) is 12.6. The van der Waals surface area contributed by atoms with Gasteiger partial charge in [0.15, 0.2) is 0 Å². The van der Waals surface area contributed by atoms with Gasteiger partial charge in [-0.2, -0.15) is 0 Å². The molecule has 1 amide bonds.